The lowest BCUT2D eigenvalue weighted by Crippen LogP contribution is -2.03. The number of aromatic nitrogens is 1. The van der Waals surface area contributed by atoms with Crippen LogP contribution < -0.4 is 9.47 Å². The summed E-state index contributed by atoms with van der Waals surface area (Å²) in [5, 5.41) is 8.71. The fourth-order valence-corrected chi connectivity index (χ4v) is 2.02. The zero-order valence-corrected chi connectivity index (χ0v) is 11.6. The van der Waals surface area contributed by atoms with E-state index >= 15 is 0 Å². The third kappa shape index (κ3) is 3.07. The second kappa shape index (κ2) is 6.58. The van der Waals surface area contributed by atoms with Crippen molar-refractivity contribution >= 4 is 0 Å². The van der Waals surface area contributed by atoms with Crippen LogP contribution in [0.5, 0.6) is 11.5 Å². The first-order chi connectivity index (χ1) is 9.76. The second-order valence-corrected chi connectivity index (χ2v) is 4.32. The Bertz CT molecular complexity index is 633. The number of hydrogen-bond donors (Lipinski definition) is 0. The molecule has 0 amide bonds. The van der Waals surface area contributed by atoms with E-state index in [1.54, 1.807) is 18.5 Å². The molecular formula is C16H16N2O2. The molecule has 1 aromatic heterocycles. The lowest BCUT2D eigenvalue weighted by Gasteiger charge is -2.13. The molecule has 0 radical (unpaired) electrons. The van der Waals surface area contributed by atoms with E-state index in [1.807, 2.05) is 31.2 Å². The second-order valence-electron chi connectivity index (χ2n) is 4.32. The maximum Gasteiger partial charge on any atom is 0.292 e. The van der Waals surface area contributed by atoms with Crippen molar-refractivity contribution in [3.8, 4) is 17.8 Å². The Morgan fingerprint density at radius 2 is 2.00 bits per heavy atom. The van der Waals surface area contributed by atoms with Gasteiger partial charge in [-0.2, -0.15) is 0 Å². The molecule has 0 aliphatic heterocycles. The van der Waals surface area contributed by atoms with E-state index in [0.717, 1.165) is 29.0 Å². The van der Waals surface area contributed by atoms with Gasteiger partial charge in [-0.15, -0.1) is 5.26 Å². The predicted octanol–water partition coefficient (Wildman–Crippen LogP) is 3.39. The average Bonchev–Trinajstić information content (AvgIpc) is 2.47. The molecule has 0 aliphatic carbocycles. The molecule has 4 heteroatoms. The standard InChI is InChI=1S/C16H16N2O2/c1-3-13-6-4-7-16(20-11-17)14(13)10-19-15-8-5-9-18-12(15)2/h4-9H,3,10H2,1-2H3. The average molecular weight is 268 g/mol. The SMILES string of the molecule is CCc1cccc(OC#N)c1COc1cccnc1C. The third-order valence-corrected chi connectivity index (χ3v) is 3.10. The molecule has 0 bridgehead atoms. The van der Waals surface area contributed by atoms with Crippen LogP contribution in [0.4, 0.5) is 0 Å². The van der Waals surface area contributed by atoms with Crippen LogP contribution in [-0.2, 0) is 13.0 Å². The minimum atomic E-state index is 0.355. The van der Waals surface area contributed by atoms with Crippen molar-refractivity contribution < 1.29 is 9.47 Å². The molecule has 0 N–H and O–H groups in total. The molecule has 1 aromatic carbocycles. The number of hydrogen-bond acceptors (Lipinski definition) is 4. The van der Waals surface area contributed by atoms with Crippen LogP contribution in [0.2, 0.25) is 0 Å². The van der Waals surface area contributed by atoms with Crippen LogP contribution in [-0.4, -0.2) is 4.98 Å². The van der Waals surface area contributed by atoms with Crippen LogP contribution >= 0.6 is 0 Å². The van der Waals surface area contributed by atoms with Gasteiger partial charge in [0.2, 0.25) is 0 Å². The van der Waals surface area contributed by atoms with Crippen LogP contribution in [0.15, 0.2) is 36.5 Å². The maximum atomic E-state index is 8.71. The van der Waals surface area contributed by atoms with E-state index in [0.29, 0.717) is 12.4 Å². The number of rotatable bonds is 5. The first-order valence-electron chi connectivity index (χ1n) is 6.47. The number of nitrogens with zero attached hydrogens (tertiary/aromatic N) is 2. The monoisotopic (exact) mass is 268 g/mol. The lowest BCUT2D eigenvalue weighted by atomic mass is 10.0. The zero-order valence-electron chi connectivity index (χ0n) is 11.6. The summed E-state index contributed by atoms with van der Waals surface area (Å²) in [5.41, 5.74) is 2.85. The largest absolute Gasteiger partial charge is 0.487 e. The van der Waals surface area contributed by atoms with Gasteiger partial charge in [-0.1, -0.05) is 19.1 Å². The van der Waals surface area contributed by atoms with Gasteiger partial charge in [0.15, 0.2) is 0 Å². The molecule has 0 aliphatic rings. The zero-order chi connectivity index (χ0) is 14.4. The molecule has 0 saturated carbocycles. The highest BCUT2D eigenvalue weighted by molar-refractivity contribution is 5.41. The Labute approximate surface area is 118 Å². The van der Waals surface area contributed by atoms with E-state index in [-0.39, 0.29) is 0 Å². The maximum absolute atomic E-state index is 8.71. The molecule has 0 saturated heterocycles. The summed E-state index contributed by atoms with van der Waals surface area (Å²) in [4.78, 5) is 4.18. The molecule has 0 fully saturated rings. The highest BCUT2D eigenvalue weighted by atomic mass is 16.5. The molecule has 2 aromatic rings. The Morgan fingerprint density at radius 1 is 1.20 bits per heavy atom. The molecule has 0 spiro atoms. The van der Waals surface area contributed by atoms with Crippen LogP contribution in [0.25, 0.3) is 0 Å². The van der Waals surface area contributed by atoms with Crippen molar-refractivity contribution in [2.24, 2.45) is 0 Å². The first kappa shape index (κ1) is 13.9. The highest BCUT2D eigenvalue weighted by Crippen LogP contribution is 2.25. The minimum absolute atomic E-state index is 0.355. The van der Waals surface area contributed by atoms with Gasteiger partial charge in [-0.05, 0) is 37.1 Å². The number of pyridine rings is 1. The van der Waals surface area contributed by atoms with Gasteiger partial charge in [-0.25, -0.2) is 0 Å². The summed E-state index contributed by atoms with van der Waals surface area (Å²) >= 11 is 0. The van der Waals surface area contributed by atoms with Gasteiger partial charge >= 0.3 is 0 Å². The summed E-state index contributed by atoms with van der Waals surface area (Å²) in [7, 11) is 0. The summed E-state index contributed by atoms with van der Waals surface area (Å²) in [6.45, 7) is 4.31. The predicted molar refractivity (Wildman–Crippen MR) is 75.4 cm³/mol. The topological polar surface area (TPSA) is 55.1 Å². The lowest BCUT2D eigenvalue weighted by molar-refractivity contribution is 0.296. The molecule has 4 nitrogen and oxygen atoms in total. The van der Waals surface area contributed by atoms with E-state index in [9.17, 15) is 0 Å². The molecular weight excluding hydrogens is 252 g/mol. The van der Waals surface area contributed by atoms with Crippen molar-refractivity contribution in [2.75, 3.05) is 0 Å². The summed E-state index contributed by atoms with van der Waals surface area (Å²) in [6.07, 6.45) is 4.30. The fraction of sp³-hybridized carbons (Fsp3) is 0.250. The number of ether oxygens (including phenoxy) is 2. The quantitative estimate of drug-likeness (QED) is 0.780. The summed E-state index contributed by atoms with van der Waals surface area (Å²) < 4.78 is 10.8. The normalized spacial score (nSPS) is 9.85. The van der Waals surface area contributed by atoms with Gasteiger partial charge in [0, 0.05) is 11.8 Å². The van der Waals surface area contributed by atoms with Gasteiger partial charge in [0.1, 0.15) is 18.1 Å². The Kier molecular flexibility index (Phi) is 4.56. The Balaban J connectivity index is 2.24. The first-order valence-corrected chi connectivity index (χ1v) is 6.47. The highest BCUT2D eigenvalue weighted by Gasteiger charge is 2.10. The van der Waals surface area contributed by atoms with Gasteiger partial charge in [-0.3, -0.25) is 4.98 Å². The van der Waals surface area contributed by atoms with Gasteiger partial charge < -0.3 is 9.47 Å². The summed E-state index contributed by atoms with van der Waals surface area (Å²) in [6, 6.07) is 9.38. The van der Waals surface area contributed by atoms with Crippen LogP contribution in [0, 0.1) is 18.4 Å². The molecule has 2 rings (SSSR count). The number of benzene rings is 1. The van der Waals surface area contributed by atoms with Crippen LogP contribution in [0.3, 0.4) is 0 Å². The molecule has 0 unspecified atom stereocenters. The van der Waals surface area contributed by atoms with Crippen molar-refractivity contribution in [1.29, 1.82) is 5.26 Å². The van der Waals surface area contributed by atoms with Crippen molar-refractivity contribution in [2.45, 2.75) is 26.9 Å². The Morgan fingerprint density at radius 3 is 2.70 bits per heavy atom. The Hall–Kier alpha value is -2.54. The number of nitriles is 1. The molecule has 20 heavy (non-hydrogen) atoms. The van der Waals surface area contributed by atoms with E-state index < -0.39 is 0 Å². The smallest absolute Gasteiger partial charge is 0.292 e. The van der Waals surface area contributed by atoms with Crippen molar-refractivity contribution in [3.05, 3.63) is 53.3 Å². The number of aryl methyl sites for hydroxylation is 2. The van der Waals surface area contributed by atoms with Crippen molar-refractivity contribution in [3.63, 3.8) is 0 Å². The van der Waals surface area contributed by atoms with Crippen LogP contribution in [0.1, 0.15) is 23.7 Å². The van der Waals surface area contributed by atoms with Gasteiger partial charge in [0.05, 0.1) is 5.69 Å². The molecule has 102 valence electrons. The third-order valence-electron chi connectivity index (χ3n) is 3.10. The summed E-state index contributed by atoms with van der Waals surface area (Å²) in [5.74, 6) is 1.29. The molecule has 0 atom stereocenters. The van der Waals surface area contributed by atoms with E-state index in [1.165, 1.54) is 0 Å². The fourth-order valence-electron chi connectivity index (χ4n) is 2.02. The van der Waals surface area contributed by atoms with E-state index in [2.05, 4.69) is 11.9 Å². The molecule has 1 heterocycles. The minimum Gasteiger partial charge on any atom is -0.487 e. The van der Waals surface area contributed by atoms with E-state index in [4.69, 9.17) is 14.7 Å². The van der Waals surface area contributed by atoms with Crippen molar-refractivity contribution in [1.82, 2.24) is 4.98 Å². The van der Waals surface area contributed by atoms with Gasteiger partial charge in [0.25, 0.3) is 6.26 Å².